The number of benzene rings is 3. The minimum Gasteiger partial charge on any atom is -0.325 e. The van der Waals surface area contributed by atoms with Crippen molar-refractivity contribution in [1.29, 1.82) is 0 Å². The molecule has 0 unspecified atom stereocenters. The molecule has 3 aromatic rings. The molecule has 162 valence electrons. The third-order valence-corrected chi connectivity index (χ3v) is 6.81. The minimum absolute atomic E-state index is 0.0918. The summed E-state index contributed by atoms with van der Waals surface area (Å²) in [6.07, 6.45) is 0.574. The molecule has 32 heavy (non-hydrogen) atoms. The number of fused-ring (bicyclic) bond motifs is 1. The lowest BCUT2D eigenvalue weighted by Crippen LogP contribution is -2.17. The first kappa shape index (κ1) is 22.3. The van der Waals surface area contributed by atoms with Crippen molar-refractivity contribution < 1.29 is 4.79 Å². The number of nitrogens with zero attached hydrogens (tertiary/aromatic N) is 2. The van der Waals surface area contributed by atoms with Crippen LogP contribution in [0.4, 0.5) is 17.1 Å². The van der Waals surface area contributed by atoms with Crippen molar-refractivity contribution in [1.82, 2.24) is 0 Å². The average Bonchev–Trinajstić information content (AvgIpc) is 2.95. The summed E-state index contributed by atoms with van der Waals surface area (Å²) in [6.45, 7) is 6.05. The van der Waals surface area contributed by atoms with E-state index in [2.05, 4.69) is 43.4 Å². The Bertz CT molecular complexity index is 1240. The second kappa shape index (κ2) is 9.72. The second-order valence-electron chi connectivity index (χ2n) is 7.78. The Labute approximate surface area is 197 Å². The fraction of sp³-hybridized carbons (Fsp3) is 0.192. The summed E-state index contributed by atoms with van der Waals surface area (Å²) in [5.41, 5.74) is 7.66. The number of anilines is 1. The Morgan fingerprint density at radius 1 is 0.969 bits per heavy atom. The van der Waals surface area contributed by atoms with E-state index in [4.69, 9.17) is 21.6 Å². The van der Waals surface area contributed by atoms with E-state index in [0.29, 0.717) is 11.4 Å². The van der Waals surface area contributed by atoms with Crippen molar-refractivity contribution in [2.24, 2.45) is 9.98 Å². The average molecular weight is 462 g/mol. The zero-order chi connectivity index (χ0) is 22.7. The molecule has 0 radical (unpaired) electrons. The summed E-state index contributed by atoms with van der Waals surface area (Å²) in [4.78, 5) is 22.5. The summed E-state index contributed by atoms with van der Waals surface area (Å²) < 4.78 is 0. The van der Waals surface area contributed by atoms with Crippen LogP contribution in [0.3, 0.4) is 0 Å². The predicted molar refractivity (Wildman–Crippen MR) is 138 cm³/mol. The van der Waals surface area contributed by atoms with Crippen molar-refractivity contribution in [3.63, 3.8) is 0 Å². The van der Waals surface area contributed by atoms with Crippen molar-refractivity contribution in [2.45, 2.75) is 27.2 Å². The molecule has 0 fully saturated rings. The molecule has 1 N–H and O–H groups in total. The number of hydrogen-bond donors (Lipinski definition) is 1. The number of rotatable bonds is 4. The van der Waals surface area contributed by atoms with Gasteiger partial charge in [0.15, 0.2) is 0 Å². The van der Waals surface area contributed by atoms with E-state index in [0.717, 1.165) is 38.9 Å². The third-order valence-electron chi connectivity index (χ3n) is 5.43. The van der Waals surface area contributed by atoms with E-state index < -0.39 is 0 Å². The molecule has 1 amide bonds. The molecule has 0 saturated heterocycles. The van der Waals surface area contributed by atoms with Crippen LogP contribution in [0.5, 0.6) is 0 Å². The van der Waals surface area contributed by atoms with Gasteiger partial charge in [0.05, 0.1) is 27.9 Å². The van der Waals surface area contributed by atoms with Crippen molar-refractivity contribution in [3.05, 3.63) is 87.9 Å². The molecule has 0 spiro atoms. The van der Waals surface area contributed by atoms with E-state index in [9.17, 15) is 4.79 Å². The maximum atomic E-state index is 12.6. The zero-order valence-electron chi connectivity index (χ0n) is 18.3. The van der Waals surface area contributed by atoms with Gasteiger partial charge in [-0.15, -0.1) is 11.8 Å². The van der Waals surface area contributed by atoms with Crippen LogP contribution in [0, 0.1) is 20.8 Å². The van der Waals surface area contributed by atoms with Crippen LogP contribution in [0.1, 0.15) is 28.7 Å². The van der Waals surface area contributed by atoms with Gasteiger partial charge in [-0.25, -0.2) is 4.99 Å². The van der Waals surface area contributed by atoms with Gasteiger partial charge < -0.3 is 5.32 Å². The highest BCUT2D eigenvalue weighted by Gasteiger charge is 2.18. The molecular weight excluding hydrogens is 438 g/mol. The van der Waals surface area contributed by atoms with Crippen molar-refractivity contribution in [2.75, 3.05) is 11.1 Å². The molecule has 0 aliphatic carbocycles. The first-order valence-corrected chi connectivity index (χ1v) is 11.8. The minimum atomic E-state index is -0.0918. The van der Waals surface area contributed by atoms with E-state index in [1.165, 1.54) is 22.9 Å². The Morgan fingerprint density at radius 3 is 2.38 bits per heavy atom. The van der Waals surface area contributed by atoms with Crippen LogP contribution in [0.25, 0.3) is 0 Å². The van der Waals surface area contributed by atoms with Gasteiger partial charge in [-0.1, -0.05) is 48.0 Å². The number of hydrogen-bond acceptors (Lipinski definition) is 4. The number of nitrogens with one attached hydrogen (secondary N) is 1. The number of aryl methyl sites for hydroxylation is 2. The molecule has 4 rings (SSSR count). The first-order valence-electron chi connectivity index (χ1n) is 10.4. The molecule has 1 aliphatic rings. The van der Waals surface area contributed by atoms with E-state index >= 15 is 0 Å². The second-order valence-corrected chi connectivity index (χ2v) is 9.24. The fourth-order valence-electron chi connectivity index (χ4n) is 3.43. The highest BCUT2D eigenvalue weighted by molar-refractivity contribution is 8.14. The zero-order valence-corrected chi connectivity index (χ0v) is 19.8. The van der Waals surface area contributed by atoms with E-state index in [1.807, 2.05) is 43.3 Å². The van der Waals surface area contributed by atoms with Crippen LogP contribution >= 0.6 is 23.4 Å². The monoisotopic (exact) mass is 461 g/mol. The standard InChI is InChI=1S/C26H24ClN3OS/c1-16-12-23-24(13-17(16)2)30-26(14-22(28-23)19-8-5-4-6-9-19)32-15-25(31)29-21-11-7-10-20(27)18(21)3/h4-13H,14-15H2,1-3H3,(H,29,31). The number of halogens is 1. The molecule has 1 aliphatic heterocycles. The maximum absolute atomic E-state index is 12.6. The van der Waals surface area contributed by atoms with E-state index in [1.54, 1.807) is 0 Å². The molecule has 0 saturated carbocycles. The number of carbonyl (C=O) groups excluding carboxylic acids is 1. The van der Waals surface area contributed by atoms with Gasteiger partial charge in [-0.2, -0.15) is 0 Å². The topological polar surface area (TPSA) is 53.8 Å². The SMILES string of the molecule is Cc1cc2c(cc1C)N=C(c1ccccc1)CC(SCC(=O)Nc1cccc(Cl)c1C)=N2. The maximum Gasteiger partial charge on any atom is 0.234 e. The largest absolute Gasteiger partial charge is 0.325 e. The Morgan fingerprint density at radius 2 is 1.66 bits per heavy atom. The van der Waals surface area contributed by atoms with E-state index in [-0.39, 0.29) is 11.7 Å². The molecular formula is C26H24ClN3OS. The molecule has 4 nitrogen and oxygen atoms in total. The summed E-state index contributed by atoms with van der Waals surface area (Å²) in [5, 5.41) is 4.46. The van der Waals surface area contributed by atoms with Gasteiger partial charge in [0, 0.05) is 17.1 Å². The quantitative estimate of drug-likeness (QED) is 0.446. The number of carbonyl (C=O) groups is 1. The molecule has 0 aromatic heterocycles. The Hall–Kier alpha value is -2.89. The van der Waals surface area contributed by atoms with Crippen LogP contribution in [-0.4, -0.2) is 22.4 Å². The molecule has 3 aromatic carbocycles. The van der Waals surface area contributed by atoms with Crippen LogP contribution in [0.15, 0.2) is 70.6 Å². The number of aliphatic imine (C=N–C) groups is 2. The van der Waals surface area contributed by atoms with Gasteiger partial charge >= 0.3 is 0 Å². The number of thioether (sulfide) groups is 1. The Kier molecular flexibility index (Phi) is 6.77. The Balaban J connectivity index is 1.58. The van der Waals surface area contributed by atoms with Crippen molar-refractivity contribution in [3.8, 4) is 0 Å². The lowest BCUT2D eigenvalue weighted by Gasteiger charge is -2.10. The fourth-order valence-corrected chi connectivity index (χ4v) is 4.37. The van der Waals surface area contributed by atoms with Crippen LogP contribution in [-0.2, 0) is 4.79 Å². The van der Waals surface area contributed by atoms with Gasteiger partial charge in [-0.3, -0.25) is 9.79 Å². The van der Waals surface area contributed by atoms with Crippen LogP contribution in [0.2, 0.25) is 5.02 Å². The summed E-state index contributed by atoms with van der Waals surface area (Å²) in [6, 6.07) is 19.8. The third kappa shape index (κ3) is 5.12. The molecule has 1 heterocycles. The van der Waals surface area contributed by atoms with Gasteiger partial charge in [-0.05, 0) is 67.3 Å². The molecule has 0 atom stereocenters. The lowest BCUT2D eigenvalue weighted by molar-refractivity contribution is -0.113. The first-order chi connectivity index (χ1) is 15.4. The lowest BCUT2D eigenvalue weighted by atomic mass is 10.1. The summed E-state index contributed by atoms with van der Waals surface area (Å²) in [5.74, 6) is 0.165. The predicted octanol–water partition coefficient (Wildman–Crippen LogP) is 7.19. The normalized spacial score (nSPS) is 13.0. The highest BCUT2D eigenvalue weighted by Crippen LogP contribution is 2.36. The van der Waals surface area contributed by atoms with Gasteiger partial charge in [0.1, 0.15) is 0 Å². The van der Waals surface area contributed by atoms with Gasteiger partial charge in [0.2, 0.25) is 5.91 Å². The summed E-state index contributed by atoms with van der Waals surface area (Å²) in [7, 11) is 0. The highest BCUT2D eigenvalue weighted by atomic mass is 35.5. The van der Waals surface area contributed by atoms with Crippen LogP contribution < -0.4 is 5.32 Å². The smallest absolute Gasteiger partial charge is 0.234 e. The van der Waals surface area contributed by atoms with Gasteiger partial charge in [0.25, 0.3) is 0 Å². The molecule has 0 bridgehead atoms. The van der Waals surface area contributed by atoms with Crippen molar-refractivity contribution >= 4 is 57.1 Å². The number of amides is 1. The molecule has 6 heteroatoms. The summed E-state index contributed by atoms with van der Waals surface area (Å²) >= 11 is 7.62.